The standard InChI is InChI=1S/C13H13N3O/c1-16-7-6-15-13(16)12(14)10-8-17-11-5-3-2-4-9(10)11/h2-8,12H,14H2,1H3. The fourth-order valence-corrected chi connectivity index (χ4v) is 2.06. The van der Waals surface area contributed by atoms with E-state index in [1.807, 2.05) is 42.1 Å². The van der Waals surface area contributed by atoms with Crippen molar-refractivity contribution in [2.45, 2.75) is 6.04 Å². The van der Waals surface area contributed by atoms with Crippen molar-refractivity contribution in [3.05, 3.63) is 54.3 Å². The van der Waals surface area contributed by atoms with E-state index in [0.717, 1.165) is 22.4 Å². The van der Waals surface area contributed by atoms with Gasteiger partial charge in [-0.3, -0.25) is 0 Å². The van der Waals surface area contributed by atoms with Gasteiger partial charge in [0.2, 0.25) is 0 Å². The van der Waals surface area contributed by atoms with E-state index in [4.69, 9.17) is 10.2 Å². The fraction of sp³-hybridized carbons (Fsp3) is 0.154. The molecule has 1 atom stereocenters. The van der Waals surface area contributed by atoms with Gasteiger partial charge in [0.15, 0.2) is 0 Å². The summed E-state index contributed by atoms with van der Waals surface area (Å²) in [4.78, 5) is 4.27. The van der Waals surface area contributed by atoms with Crippen LogP contribution in [0.25, 0.3) is 11.0 Å². The van der Waals surface area contributed by atoms with Gasteiger partial charge >= 0.3 is 0 Å². The fourth-order valence-electron chi connectivity index (χ4n) is 2.06. The van der Waals surface area contributed by atoms with E-state index < -0.39 is 0 Å². The lowest BCUT2D eigenvalue weighted by molar-refractivity contribution is 0.602. The van der Waals surface area contributed by atoms with Crippen LogP contribution >= 0.6 is 0 Å². The highest BCUT2D eigenvalue weighted by molar-refractivity contribution is 5.81. The van der Waals surface area contributed by atoms with E-state index in [1.54, 1.807) is 12.5 Å². The lowest BCUT2D eigenvalue weighted by Crippen LogP contribution is -2.16. The van der Waals surface area contributed by atoms with Crippen LogP contribution in [0.1, 0.15) is 17.4 Å². The number of benzene rings is 1. The van der Waals surface area contributed by atoms with Crippen LogP contribution in [0.2, 0.25) is 0 Å². The monoisotopic (exact) mass is 227 g/mol. The molecule has 1 aromatic carbocycles. The average molecular weight is 227 g/mol. The van der Waals surface area contributed by atoms with Crippen LogP contribution in [0.3, 0.4) is 0 Å². The Balaban J connectivity index is 2.13. The van der Waals surface area contributed by atoms with E-state index in [2.05, 4.69) is 4.98 Å². The zero-order valence-electron chi connectivity index (χ0n) is 9.50. The van der Waals surface area contributed by atoms with Gasteiger partial charge in [-0.25, -0.2) is 4.98 Å². The number of hydrogen-bond acceptors (Lipinski definition) is 3. The summed E-state index contributed by atoms with van der Waals surface area (Å²) in [5, 5.41) is 1.04. The molecule has 3 aromatic rings. The topological polar surface area (TPSA) is 57.0 Å². The number of hydrogen-bond donors (Lipinski definition) is 1. The predicted molar refractivity (Wildman–Crippen MR) is 65.5 cm³/mol. The minimum atomic E-state index is -0.265. The minimum Gasteiger partial charge on any atom is -0.464 e. The molecule has 0 spiro atoms. The third-order valence-corrected chi connectivity index (χ3v) is 2.98. The lowest BCUT2D eigenvalue weighted by atomic mass is 10.1. The molecular formula is C13H13N3O. The largest absolute Gasteiger partial charge is 0.464 e. The second kappa shape index (κ2) is 3.75. The molecular weight excluding hydrogens is 214 g/mol. The second-order valence-corrected chi connectivity index (χ2v) is 4.06. The van der Waals surface area contributed by atoms with Gasteiger partial charge in [0.25, 0.3) is 0 Å². The highest BCUT2D eigenvalue weighted by Crippen LogP contribution is 2.27. The molecule has 86 valence electrons. The van der Waals surface area contributed by atoms with Crippen LogP contribution in [0.15, 0.2) is 47.3 Å². The lowest BCUT2D eigenvalue weighted by Gasteiger charge is -2.09. The Morgan fingerprint density at radius 2 is 2.18 bits per heavy atom. The van der Waals surface area contributed by atoms with Crippen molar-refractivity contribution >= 4 is 11.0 Å². The first-order chi connectivity index (χ1) is 8.27. The van der Waals surface area contributed by atoms with Crippen molar-refractivity contribution in [1.29, 1.82) is 0 Å². The number of aromatic nitrogens is 2. The number of fused-ring (bicyclic) bond motifs is 1. The summed E-state index contributed by atoms with van der Waals surface area (Å²) in [7, 11) is 1.93. The highest BCUT2D eigenvalue weighted by Gasteiger charge is 2.17. The van der Waals surface area contributed by atoms with Crippen LogP contribution in [0, 0.1) is 0 Å². The number of imidazole rings is 1. The summed E-state index contributed by atoms with van der Waals surface area (Å²) in [6, 6.07) is 7.61. The number of rotatable bonds is 2. The Kier molecular flexibility index (Phi) is 2.23. The van der Waals surface area contributed by atoms with Crippen molar-refractivity contribution in [2.75, 3.05) is 0 Å². The van der Waals surface area contributed by atoms with Crippen LogP contribution in [-0.4, -0.2) is 9.55 Å². The van der Waals surface area contributed by atoms with Crippen molar-refractivity contribution in [3.8, 4) is 0 Å². The molecule has 3 rings (SSSR count). The first-order valence-corrected chi connectivity index (χ1v) is 5.46. The van der Waals surface area contributed by atoms with Gasteiger partial charge in [0.1, 0.15) is 11.4 Å². The molecule has 2 aromatic heterocycles. The molecule has 0 saturated carbocycles. The molecule has 4 heteroatoms. The zero-order valence-corrected chi connectivity index (χ0v) is 9.50. The summed E-state index contributed by atoms with van der Waals surface area (Å²) >= 11 is 0. The molecule has 0 bridgehead atoms. The third kappa shape index (κ3) is 1.54. The number of nitrogens with two attached hydrogens (primary N) is 1. The smallest absolute Gasteiger partial charge is 0.134 e. The first kappa shape index (κ1) is 10.1. The van der Waals surface area contributed by atoms with Gasteiger partial charge in [0.05, 0.1) is 12.3 Å². The molecule has 0 aliphatic heterocycles. The van der Waals surface area contributed by atoms with Crippen molar-refractivity contribution in [1.82, 2.24) is 9.55 Å². The molecule has 1 unspecified atom stereocenters. The number of para-hydroxylation sites is 1. The third-order valence-electron chi connectivity index (χ3n) is 2.98. The van der Waals surface area contributed by atoms with Gasteiger partial charge in [-0.05, 0) is 6.07 Å². The molecule has 0 amide bonds. The summed E-state index contributed by atoms with van der Waals surface area (Å²) in [5.74, 6) is 0.830. The van der Waals surface area contributed by atoms with Gasteiger partial charge in [-0.1, -0.05) is 18.2 Å². The quantitative estimate of drug-likeness (QED) is 0.730. The molecule has 0 fully saturated rings. The summed E-state index contributed by atoms with van der Waals surface area (Å²) in [6.45, 7) is 0. The summed E-state index contributed by atoms with van der Waals surface area (Å²) in [6.07, 6.45) is 5.35. The molecule has 0 aliphatic carbocycles. The van der Waals surface area contributed by atoms with Gasteiger partial charge in [0, 0.05) is 30.4 Å². The number of nitrogens with zero attached hydrogens (tertiary/aromatic N) is 2. The van der Waals surface area contributed by atoms with Crippen molar-refractivity contribution in [2.24, 2.45) is 12.8 Å². The molecule has 0 aliphatic rings. The van der Waals surface area contributed by atoms with E-state index in [-0.39, 0.29) is 6.04 Å². The maximum absolute atomic E-state index is 6.23. The van der Waals surface area contributed by atoms with Crippen LogP contribution < -0.4 is 5.73 Å². The van der Waals surface area contributed by atoms with Crippen LogP contribution in [0.5, 0.6) is 0 Å². The van der Waals surface area contributed by atoms with Gasteiger partial charge in [-0.2, -0.15) is 0 Å². The maximum Gasteiger partial charge on any atom is 0.134 e. The molecule has 2 heterocycles. The maximum atomic E-state index is 6.23. The number of aryl methyl sites for hydroxylation is 1. The second-order valence-electron chi connectivity index (χ2n) is 4.06. The van der Waals surface area contributed by atoms with Crippen LogP contribution in [0.4, 0.5) is 0 Å². The Labute approximate surface area is 98.7 Å². The Hall–Kier alpha value is -2.07. The van der Waals surface area contributed by atoms with E-state index >= 15 is 0 Å². The normalized spacial score (nSPS) is 13.1. The minimum absolute atomic E-state index is 0.265. The van der Waals surface area contributed by atoms with Crippen molar-refractivity contribution < 1.29 is 4.42 Å². The molecule has 2 N–H and O–H groups in total. The van der Waals surface area contributed by atoms with E-state index in [0.29, 0.717) is 0 Å². The molecule has 4 nitrogen and oxygen atoms in total. The van der Waals surface area contributed by atoms with E-state index in [1.165, 1.54) is 0 Å². The van der Waals surface area contributed by atoms with Gasteiger partial charge < -0.3 is 14.7 Å². The predicted octanol–water partition coefficient (Wildman–Crippen LogP) is 2.21. The Morgan fingerprint density at radius 1 is 1.35 bits per heavy atom. The molecule has 17 heavy (non-hydrogen) atoms. The summed E-state index contributed by atoms with van der Waals surface area (Å²) < 4.78 is 7.41. The van der Waals surface area contributed by atoms with Gasteiger partial charge in [-0.15, -0.1) is 0 Å². The average Bonchev–Trinajstić information content (AvgIpc) is 2.94. The first-order valence-electron chi connectivity index (χ1n) is 5.46. The Bertz CT molecular complexity index is 653. The molecule has 0 radical (unpaired) electrons. The summed E-state index contributed by atoms with van der Waals surface area (Å²) in [5.41, 5.74) is 8.05. The zero-order chi connectivity index (χ0) is 11.8. The SMILES string of the molecule is Cn1ccnc1C(N)c1coc2ccccc12. The Morgan fingerprint density at radius 3 is 2.94 bits per heavy atom. The van der Waals surface area contributed by atoms with E-state index in [9.17, 15) is 0 Å². The molecule has 0 saturated heterocycles. The highest BCUT2D eigenvalue weighted by atomic mass is 16.3. The van der Waals surface area contributed by atoms with Crippen LogP contribution in [-0.2, 0) is 7.05 Å². The van der Waals surface area contributed by atoms with Crippen molar-refractivity contribution in [3.63, 3.8) is 0 Å². The number of furan rings is 1.